The Morgan fingerprint density at radius 1 is 0.630 bits per heavy atom. The van der Waals surface area contributed by atoms with E-state index in [4.69, 9.17) is 37.9 Å². The number of ether oxygens (including phenoxy) is 8. The second kappa shape index (κ2) is 16.7. The molecule has 0 aliphatic carbocycles. The van der Waals surface area contributed by atoms with Crippen LogP contribution in [0.5, 0.6) is 11.8 Å². The lowest BCUT2D eigenvalue weighted by Crippen LogP contribution is -2.36. The van der Waals surface area contributed by atoms with E-state index < -0.39 is 46.3 Å². The van der Waals surface area contributed by atoms with Crippen molar-refractivity contribution in [3.63, 3.8) is 0 Å². The Hall–Kier alpha value is -4.72. The van der Waals surface area contributed by atoms with Gasteiger partial charge < -0.3 is 37.9 Å². The molecule has 2 aromatic carbocycles. The van der Waals surface area contributed by atoms with E-state index in [1.165, 1.54) is 24.0 Å². The van der Waals surface area contributed by atoms with Crippen LogP contribution < -0.4 is 9.47 Å². The lowest BCUT2D eigenvalue weighted by Gasteiger charge is -2.17. The Labute approximate surface area is 314 Å². The van der Waals surface area contributed by atoms with Crippen LogP contribution in [0.3, 0.4) is 0 Å². The van der Waals surface area contributed by atoms with Gasteiger partial charge in [0.05, 0.1) is 37.6 Å². The van der Waals surface area contributed by atoms with Gasteiger partial charge in [-0.2, -0.15) is 9.97 Å². The molecule has 4 aliphatic heterocycles. The number of carbonyl (C=O) groups excluding carboxylic acids is 2. The van der Waals surface area contributed by atoms with Crippen LogP contribution in [0.1, 0.15) is 20.7 Å². The van der Waals surface area contributed by atoms with Gasteiger partial charge in [-0.15, -0.1) is 0 Å². The van der Waals surface area contributed by atoms with Crippen molar-refractivity contribution in [2.24, 2.45) is 0 Å². The average Bonchev–Trinajstić information content (AvgIpc) is 3.98. The fourth-order valence-electron chi connectivity index (χ4n) is 6.19. The molecule has 4 aliphatic rings. The molecule has 2 aromatic heterocycles. The van der Waals surface area contributed by atoms with E-state index in [1.807, 2.05) is 18.4 Å². The molecule has 0 bridgehead atoms. The predicted octanol–water partition coefficient (Wildman–Crippen LogP) is 2.62. The molecule has 6 heterocycles. The minimum atomic E-state index is -3.55. The summed E-state index contributed by atoms with van der Waals surface area (Å²) in [7, 11) is -3.55. The van der Waals surface area contributed by atoms with E-state index in [9.17, 15) is 18.0 Å². The van der Waals surface area contributed by atoms with E-state index in [0.717, 1.165) is 6.26 Å². The van der Waals surface area contributed by atoms with Crippen molar-refractivity contribution < 1.29 is 55.9 Å². The normalized spacial score (nSPS) is 26.9. The molecule has 0 saturated carbocycles. The van der Waals surface area contributed by atoms with Gasteiger partial charge in [-0.25, -0.2) is 28.0 Å². The zero-order valence-electron chi connectivity index (χ0n) is 29.0. The van der Waals surface area contributed by atoms with Gasteiger partial charge in [0.2, 0.25) is 26.8 Å². The van der Waals surface area contributed by atoms with Gasteiger partial charge >= 0.3 is 11.9 Å². The topological polar surface area (TPSA) is 194 Å². The zero-order chi connectivity index (χ0) is 37.7. The molecule has 0 spiro atoms. The number of nitrogens with zero attached hydrogens (tertiary/aromatic N) is 4. The molecule has 0 radical (unpaired) electrons. The molecule has 4 saturated heterocycles. The lowest BCUT2D eigenvalue weighted by atomic mass is 10.1. The summed E-state index contributed by atoms with van der Waals surface area (Å²) < 4.78 is 69.0. The number of sulfone groups is 1. The van der Waals surface area contributed by atoms with Crippen molar-refractivity contribution in [3.8, 4) is 11.8 Å². The lowest BCUT2D eigenvalue weighted by molar-refractivity contribution is -0.0195. The Morgan fingerprint density at radius 3 is 1.52 bits per heavy atom. The summed E-state index contributed by atoms with van der Waals surface area (Å²) in [4.78, 5) is 40.6. The smallest absolute Gasteiger partial charge is 0.338 e. The van der Waals surface area contributed by atoms with Crippen molar-refractivity contribution in [1.29, 1.82) is 0 Å². The third-order valence-electron chi connectivity index (χ3n) is 8.74. The van der Waals surface area contributed by atoms with Crippen molar-refractivity contribution in [2.75, 3.05) is 38.9 Å². The summed E-state index contributed by atoms with van der Waals surface area (Å²) >= 11 is 1.44. The second-order valence-corrected chi connectivity index (χ2v) is 15.1. The Morgan fingerprint density at radius 2 is 1.06 bits per heavy atom. The quantitative estimate of drug-likeness (QED) is 0.129. The SMILES string of the molecule is CS(=O)(=O)c1nccc(O[C@H]2CO[C@H]3[C@@H]2OC[C@@H]3OC(=O)c2ccccc2)n1.CSc1nccc(O[C@H]2CO[C@H]3[C@@H]2OC[C@@H]3OC(=O)c2ccccc2)n1. The summed E-state index contributed by atoms with van der Waals surface area (Å²) in [6, 6.07) is 20.7. The van der Waals surface area contributed by atoms with Crippen molar-refractivity contribution >= 4 is 33.5 Å². The first-order chi connectivity index (χ1) is 26.2. The molecule has 4 aromatic rings. The van der Waals surface area contributed by atoms with Crippen LogP contribution in [0.15, 0.2) is 95.5 Å². The number of thioether (sulfide) groups is 1. The molecule has 0 unspecified atom stereocenters. The molecule has 4 fully saturated rings. The molecule has 18 heteroatoms. The maximum Gasteiger partial charge on any atom is 0.338 e. The fraction of sp³-hybridized carbons (Fsp3) is 0.389. The number of rotatable bonds is 10. The maximum atomic E-state index is 12.3. The first kappa shape index (κ1) is 37.6. The minimum absolute atomic E-state index is 0.109. The van der Waals surface area contributed by atoms with Gasteiger partial charge in [0.15, 0.2) is 29.6 Å². The van der Waals surface area contributed by atoms with Crippen molar-refractivity contribution in [2.45, 2.75) is 59.1 Å². The van der Waals surface area contributed by atoms with Crippen molar-refractivity contribution in [1.82, 2.24) is 19.9 Å². The van der Waals surface area contributed by atoms with Gasteiger partial charge in [0, 0.05) is 30.8 Å². The third kappa shape index (κ3) is 8.80. The minimum Gasteiger partial charge on any atom is -0.469 e. The first-order valence-corrected chi connectivity index (χ1v) is 20.0. The van der Waals surface area contributed by atoms with E-state index in [1.54, 1.807) is 60.8 Å². The van der Waals surface area contributed by atoms with Crippen LogP contribution in [0.4, 0.5) is 0 Å². The van der Waals surface area contributed by atoms with Crippen LogP contribution in [0.25, 0.3) is 0 Å². The molecular formula is C36H36N4O12S2. The highest BCUT2D eigenvalue weighted by molar-refractivity contribution is 7.98. The highest BCUT2D eigenvalue weighted by atomic mass is 32.2. The van der Waals surface area contributed by atoms with E-state index in [0.29, 0.717) is 28.8 Å². The Balaban J connectivity index is 0.000000167. The highest BCUT2D eigenvalue weighted by Gasteiger charge is 2.52. The number of aromatic nitrogens is 4. The fourth-order valence-corrected chi connectivity index (χ4v) is 7.05. The van der Waals surface area contributed by atoms with E-state index >= 15 is 0 Å². The molecular weight excluding hydrogens is 745 g/mol. The summed E-state index contributed by atoms with van der Waals surface area (Å²) in [6.07, 6.45) is 2.53. The largest absolute Gasteiger partial charge is 0.469 e. The van der Waals surface area contributed by atoms with Crippen LogP contribution >= 0.6 is 11.8 Å². The number of hydrogen-bond donors (Lipinski definition) is 0. The summed E-state index contributed by atoms with van der Waals surface area (Å²) in [5.41, 5.74) is 0.957. The molecule has 54 heavy (non-hydrogen) atoms. The monoisotopic (exact) mass is 780 g/mol. The van der Waals surface area contributed by atoms with Crippen LogP contribution in [-0.4, -0.2) is 128 Å². The van der Waals surface area contributed by atoms with Gasteiger partial charge in [-0.05, 0) is 30.5 Å². The van der Waals surface area contributed by atoms with Gasteiger partial charge in [0.1, 0.15) is 24.4 Å². The van der Waals surface area contributed by atoms with Crippen LogP contribution in [0, 0.1) is 0 Å². The molecule has 0 amide bonds. The number of esters is 2. The number of carbonyl (C=O) groups is 2. The van der Waals surface area contributed by atoms with E-state index in [2.05, 4.69) is 19.9 Å². The average molecular weight is 781 g/mol. The second-order valence-electron chi connectivity index (χ2n) is 12.5. The van der Waals surface area contributed by atoms with Gasteiger partial charge in [-0.1, -0.05) is 48.2 Å². The zero-order valence-corrected chi connectivity index (χ0v) is 30.7. The molecule has 8 atom stereocenters. The number of hydrogen-bond acceptors (Lipinski definition) is 17. The Kier molecular flexibility index (Phi) is 11.7. The number of benzene rings is 2. The molecule has 284 valence electrons. The first-order valence-electron chi connectivity index (χ1n) is 16.9. The molecule has 16 nitrogen and oxygen atoms in total. The summed E-state index contributed by atoms with van der Waals surface area (Å²) in [5, 5.41) is 0.322. The van der Waals surface area contributed by atoms with Gasteiger partial charge in [-0.3, -0.25) is 0 Å². The third-order valence-corrected chi connectivity index (χ3v) is 10.2. The maximum absolute atomic E-state index is 12.3. The highest BCUT2D eigenvalue weighted by Crippen LogP contribution is 2.33. The standard InChI is InChI=1S/C18H18N2O7S.C18H18N2O5S/c1-28(22,23)18-19-8-7-14(20-18)26-12-9-24-16-13(10-25-15(12)16)27-17(21)11-5-3-2-4-6-11;1-26-18-19-8-7-14(20-18)24-12-9-22-16-13(10-23-15(12)16)25-17(21)11-5-3-2-4-6-11/h2-8,12-13,15-16H,9-10H2,1H3;2-8,12-13,15-16H,9-10H2,1H3/t2*12-,13-,15+,16+/m00/s1. The van der Waals surface area contributed by atoms with Gasteiger partial charge in [0.25, 0.3) is 0 Å². The van der Waals surface area contributed by atoms with Crippen LogP contribution in [0.2, 0.25) is 0 Å². The Bertz CT molecular complexity index is 2030. The van der Waals surface area contributed by atoms with Crippen LogP contribution in [-0.2, 0) is 38.3 Å². The number of fused-ring (bicyclic) bond motifs is 2. The molecule has 8 rings (SSSR count). The summed E-state index contributed by atoms with van der Waals surface area (Å²) in [6.45, 7) is 1.03. The predicted molar refractivity (Wildman–Crippen MR) is 188 cm³/mol. The van der Waals surface area contributed by atoms with Crippen molar-refractivity contribution in [3.05, 3.63) is 96.3 Å². The van der Waals surface area contributed by atoms with E-state index in [-0.39, 0.29) is 55.1 Å². The molecule has 0 N–H and O–H groups in total. The summed E-state index contributed by atoms with van der Waals surface area (Å²) in [5.74, 6) is -0.241.